The first-order valence-corrected chi connectivity index (χ1v) is 6.36. The van der Waals surface area contributed by atoms with E-state index in [-0.39, 0.29) is 6.42 Å². The Kier molecular flexibility index (Phi) is 4.34. The van der Waals surface area contributed by atoms with Crippen molar-refractivity contribution in [3.8, 4) is 0 Å². The van der Waals surface area contributed by atoms with Crippen LogP contribution in [0.4, 0.5) is 4.79 Å². The van der Waals surface area contributed by atoms with Gasteiger partial charge >= 0.3 is 18.0 Å². The highest BCUT2D eigenvalue weighted by atomic mass is 16.6. The first-order chi connectivity index (χ1) is 9.58. The Balaban J connectivity index is 1.91. The van der Waals surface area contributed by atoms with Crippen molar-refractivity contribution in [1.29, 1.82) is 0 Å². The molecule has 0 bridgehead atoms. The number of carboxylic acid groups (broad SMARTS) is 1. The Hall–Kier alpha value is -2.37. The summed E-state index contributed by atoms with van der Waals surface area (Å²) in [6.07, 6.45) is -0.185. The number of amides is 1. The predicted octanol–water partition coefficient (Wildman–Crippen LogP) is 1.44. The van der Waals surface area contributed by atoms with Crippen molar-refractivity contribution in [3.05, 3.63) is 35.9 Å². The Bertz CT molecular complexity index is 514. The van der Waals surface area contributed by atoms with Crippen molar-refractivity contribution in [2.45, 2.75) is 25.3 Å². The molecule has 1 saturated heterocycles. The van der Waals surface area contributed by atoms with Crippen molar-refractivity contribution >= 4 is 18.0 Å². The summed E-state index contributed by atoms with van der Waals surface area (Å²) in [5.41, 5.74) is 0.742. The maximum Gasteiger partial charge on any atom is 0.408 e. The number of benzene rings is 1. The van der Waals surface area contributed by atoms with Crippen molar-refractivity contribution in [3.63, 3.8) is 0 Å². The molecule has 1 heterocycles. The fourth-order valence-corrected chi connectivity index (χ4v) is 2.22. The summed E-state index contributed by atoms with van der Waals surface area (Å²) < 4.78 is 4.74. The van der Waals surface area contributed by atoms with Crippen molar-refractivity contribution in [1.82, 2.24) is 4.90 Å². The summed E-state index contributed by atoms with van der Waals surface area (Å²) in [6.45, 7) is 0.294. The molecule has 1 atom stereocenters. The van der Waals surface area contributed by atoms with E-state index in [0.717, 1.165) is 10.5 Å². The first-order valence-electron chi connectivity index (χ1n) is 6.36. The summed E-state index contributed by atoms with van der Waals surface area (Å²) in [5.74, 6) is -1.45. The minimum absolute atomic E-state index is 0.00757. The van der Waals surface area contributed by atoms with Crippen LogP contribution in [-0.2, 0) is 20.7 Å². The smallest absolute Gasteiger partial charge is 0.408 e. The molecular formula is C14H15NO5. The number of nitrogens with zero attached hydrogens (tertiary/aromatic N) is 1. The van der Waals surface area contributed by atoms with Crippen LogP contribution < -0.4 is 0 Å². The van der Waals surface area contributed by atoms with Gasteiger partial charge in [0.25, 0.3) is 0 Å². The number of hydrogen-bond donors (Lipinski definition) is 1. The van der Waals surface area contributed by atoms with Gasteiger partial charge in [-0.05, 0) is 18.4 Å². The quantitative estimate of drug-likeness (QED) is 0.667. The van der Waals surface area contributed by atoms with Crippen LogP contribution in [0.15, 0.2) is 30.3 Å². The first kappa shape index (κ1) is 14.0. The van der Waals surface area contributed by atoms with Crippen molar-refractivity contribution < 1.29 is 24.2 Å². The van der Waals surface area contributed by atoms with E-state index in [9.17, 15) is 14.4 Å². The molecule has 20 heavy (non-hydrogen) atoms. The molecule has 1 aliphatic heterocycles. The zero-order valence-electron chi connectivity index (χ0n) is 10.8. The van der Waals surface area contributed by atoms with Crippen LogP contribution in [0.1, 0.15) is 18.4 Å². The molecule has 1 aromatic carbocycles. The monoisotopic (exact) mass is 277 g/mol. The number of esters is 2. The molecule has 106 valence electrons. The van der Waals surface area contributed by atoms with Crippen LogP contribution >= 0.6 is 0 Å². The van der Waals surface area contributed by atoms with Crippen LogP contribution in [0.2, 0.25) is 0 Å². The molecular weight excluding hydrogens is 262 g/mol. The molecule has 0 spiro atoms. The number of ether oxygens (including phenoxy) is 1. The van der Waals surface area contributed by atoms with Crippen LogP contribution in [-0.4, -0.2) is 40.6 Å². The van der Waals surface area contributed by atoms with E-state index >= 15 is 0 Å². The molecule has 1 unspecified atom stereocenters. The fraction of sp³-hybridized carbons (Fsp3) is 0.357. The maximum absolute atomic E-state index is 11.8. The highest BCUT2D eigenvalue weighted by Crippen LogP contribution is 2.18. The highest BCUT2D eigenvalue weighted by Gasteiger charge is 2.36. The molecule has 1 fully saturated rings. The Labute approximate surface area is 115 Å². The number of carbonyl (C=O) groups is 3. The molecule has 6 nitrogen and oxygen atoms in total. The van der Waals surface area contributed by atoms with Gasteiger partial charge in [0, 0.05) is 6.54 Å². The molecule has 0 radical (unpaired) electrons. The number of carbonyl (C=O) groups excluding carboxylic acids is 2. The minimum atomic E-state index is -1.17. The third-order valence-electron chi connectivity index (χ3n) is 3.18. The number of likely N-dealkylation sites (tertiary alicyclic amines) is 1. The lowest BCUT2D eigenvalue weighted by molar-refractivity contribution is -0.162. The summed E-state index contributed by atoms with van der Waals surface area (Å²) in [6, 6.07) is 8.03. The average Bonchev–Trinajstić information content (AvgIpc) is 2.89. The second-order valence-corrected chi connectivity index (χ2v) is 4.59. The van der Waals surface area contributed by atoms with E-state index < -0.39 is 24.1 Å². The van der Waals surface area contributed by atoms with Gasteiger partial charge < -0.3 is 9.84 Å². The van der Waals surface area contributed by atoms with Gasteiger partial charge in [0.2, 0.25) is 0 Å². The van der Waals surface area contributed by atoms with Gasteiger partial charge in [0.1, 0.15) is 6.04 Å². The molecule has 2 rings (SSSR count). The van der Waals surface area contributed by atoms with E-state index in [0.29, 0.717) is 19.4 Å². The summed E-state index contributed by atoms with van der Waals surface area (Å²) >= 11 is 0. The molecule has 1 amide bonds. The van der Waals surface area contributed by atoms with Gasteiger partial charge in [-0.2, -0.15) is 0 Å². The van der Waals surface area contributed by atoms with Gasteiger partial charge in [0.15, 0.2) is 0 Å². The van der Waals surface area contributed by atoms with Gasteiger partial charge in [0.05, 0.1) is 6.42 Å². The molecule has 6 heteroatoms. The largest absolute Gasteiger partial charge is 0.465 e. The van der Waals surface area contributed by atoms with Crippen LogP contribution in [0.3, 0.4) is 0 Å². The van der Waals surface area contributed by atoms with Gasteiger partial charge in [-0.3, -0.25) is 9.69 Å². The SMILES string of the molecule is O=C(Cc1ccccc1)OC(=O)C1CCCN1C(=O)O. The lowest BCUT2D eigenvalue weighted by Crippen LogP contribution is -2.41. The number of rotatable bonds is 3. The normalized spacial score (nSPS) is 17.8. The van der Waals surface area contributed by atoms with Gasteiger partial charge in [-0.1, -0.05) is 30.3 Å². The van der Waals surface area contributed by atoms with E-state index in [1.165, 1.54) is 0 Å². The van der Waals surface area contributed by atoms with E-state index in [1.807, 2.05) is 6.07 Å². The standard InChI is InChI=1S/C14H15NO5/c16-12(9-10-5-2-1-3-6-10)20-13(17)11-7-4-8-15(11)14(18)19/h1-3,5-6,11H,4,7-9H2,(H,18,19). The topological polar surface area (TPSA) is 83.9 Å². The number of hydrogen-bond acceptors (Lipinski definition) is 4. The average molecular weight is 277 g/mol. The lowest BCUT2D eigenvalue weighted by atomic mass is 10.1. The molecule has 1 aliphatic rings. The zero-order chi connectivity index (χ0) is 14.5. The fourth-order valence-electron chi connectivity index (χ4n) is 2.22. The molecule has 0 aliphatic carbocycles. The molecule has 0 aromatic heterocycles. The lowest BCUT2D eigenvalue weighted by Gasteiger charge is -2.19. The zero-order valence-corrected chi connectivity index (χ0v) is 10.8. The summed E-state index contributed by atoms with van der Waals surface area (Å²) in [4.78, 5) is 35.4. The minimum Gasteiger partial charge on any atom is -0.465 e. The second kappa shape index (κ2) is 6.18. The van der Waals surface area contributed by atoms with Gasteiger partial charge in [-0.15, -0.1) is 0 Å². The van der Waals surface area contributed by atoms with Crippen molar-refractivity contribution in [2.24, 2.45) is 0 Å². The van der Waals surface area contributed by atoms with Crippen LogP contribution in [0.5, 0.6) is 0 Å². The molecule has 1 aromatic rings. The Morgan fingerprint density at radius 1 is 1.25 bits per heavy atom. The molecule has 0 saturated carbocycles. The van der Waals surface area contributed by atoms with E-state index in [1.54, 1.807) is 24.3 Å². The maximum atomic E-state index is 11.8. The van der Waals surface area contributed by atoms with E-state index in [4.69, 9.17) is 9.84 Å². The van der Waals surface area contributed by atoms with Gasteiger partial charge in [-0.25, -0.2) is 9.59 Å². The summed E-state index contributed by atoms with van der Waals surface area (Å²) in [5, 5.41) is 8.94. The van der Waals surface area contributed by atoms with Crippen molar-refractivity contribution in [2.75, 3.05) is 6.54 Å². The highest BCUT2D eigenvalue weighted by molar-refractivity contribution is 5.91. The Morgan fingerprint density at radius 3 is 2.60 bits per heavy atom. The molecule has 1 N–H and O–H groups in total. The Morgan fingerprint density at radius 2 is 1.95 bits per heavy atom. The van der Waals surface area contributed by atoms with E-state index in [2.05, 4.69) is 0 Å². The predicted molar refractivity (Wildman–Crippen MR) is 69.0 cm³/mol. The second-order valence-electron chi connectivity index (χ2n) is 4.59. The van der Waals surface area contributed by atoms with Crippen LogP contribution in [0.25, 0.3) is 0 Å². The third-order valence-corrected chi connectivity index (χ3v) is 3.18. The third kappa shape index (κ3) is 3.34. The summed E-state index contributed by atoms with van der Waals surface area (Å²) in [7, 11) is 0. The van der Waals surface area contributed by atoms with Crippen LogP contribution in [0, 0.1) is 0 Å².